The summed E-state index contributed by atoms with van der Waals surface area (Å²) in [6.07, 6.45) is 3.19. The van der Waals surface area contributed by atoms with Crippen LogP contribution in [0.25, 0.3) is 10.2 Å². The van der Waals surface area contributed by atoms with Gasteiger partial charge in [0.2, 0.25) is 5.91 Å². The van der Waals surface area contributed by atoms with Crippen LogP contribution >= 0.6 is 11.3 Å². The van der Waals surface area contributed by atoms with Crippen molar-refractivity contribution in [3.8, 4) is 0 Å². The average Bonchev–Trinajstić information content (AvgIpc) is 2.76. The van der Waals surface area contributed by atoms with Gasteiger partial charge >= 0.3 is 4.87 Å². The first kappa shape index (κ1) is 12.6. The van der Waals surface area contributed by atoms with Crippen molar-refractivity contribution in [3.05, 3.63) is 58.5 Å². The fourth-order valence-electron chi connectivity index (χ4n) is 1.94. The summed E-state index contributed by atoms with van der Waals surface area (Å²) in [4.78, 5) is 27.7. The van der Waals surface area contributed by atoms with E-state index in [0.29, 0.717) is 5.69 Å². The first-order chi connectivity index (χ1) is 9.74. The molecule has 100 valence electrons. The zero-order chi connectivity index (χ0) is 13.9. The van der Waals surface area contributed by atoms with Crippen molar-refractivity contribution in [1.29, 1.82) is 0 Å². The van der Waals surface area contributed by atoms with E-state index in [0.717, 1.165) is 21.6 Å². The largest absolute Gasteiger partial charge is 0.323 e. The molecule has 0 aliphatic heterocycles. The topological polar surface area (TPSA) is 64.0 Å². The smallest absolute Gasteiger partial charge is 0.308 e. The number of anilines is 1. The maximum Gasteiger partial charge on any atom is 0.308 e. The van der Waals surface area contributed by atoms with E-state index in [4.69, 9.17) is 0 Å². The lowest BCUT2D eigenvalue weighted by molar-refractivity contribution is -0.116. The minimum atomic E-state index is -0.247. The van der Waals surface area contributed by atoms with Crippen molar-refractivity contribution in [2.45, 2.75) is 6.54 Å². The molecule has 0 atom stereocenters. The summed E-state index contributed by atoms with van der Waals surface area (Å²) in [6, 6.07) is 10.9. The third kappa shape index (κ3) is 2.46. The first-order valence-electron chi connectivity index (χ1n) is 6.02. The quantitative estimate of drug-likeness (QED) is 0.801. The van der Waals surface area contributed by atoms with E-state index in [2.05, 4.69) is 10.3 Å². The van der Waals surface area contributed by atoms with Gasteiger partial charge in [-0.2, -0.15) is 0 Å². The van der Waals surface area contributed by atoms with Gasteiger partial charge in [-0.1, -0.05) is 23.5 Å². The molecule has 0 fully saturated rings. The number of pyridine rings is 1. The molecule has 0 saturated carbocycles. The second kappa shape index (κ2) is 5.26. The maximum absolute atomic E-state index is 12.0. The van der Waals surface area contributed by atoms with Gasteiger partial charge in [-0.15, -0.1) is 0 Å². The van der Waals surface area contributed by atoms with E-state index in [-0.39, 0.29) is 17.3 Å². The minimum absolute atomic E-state index is 0.00224. The highest BCUT2D eigenvalue weighted by Crippen LogP contribution is 2.16. The zero-order valence-electron chi connectivity index (χ0n) is 10.4. The number of benzene rings is 1. The van der Waals surface area contributed by atoms with Gasteiger partial charge in [0.15, 0.2) is 0 Å². The number of carbonyl (C=O) groups is 1. The van der Waals surface area contributed by atoms with E-state index in [1.165, 1.54) is 4.57 Å². The fraction of sp³-hybridized carbons (Fsp3) is 0.0714. The third-order valence-electron chi connectivity index (χ3n) is 2.82. The van der Waals surface area contributed by atoms with Gasteiger partial charge in [0, 0.05) is 6.20 Å². The van der Waals surface area contributed by atoms with Crippen molar-refractivity contribution >= 4 is 33.1 Å². The summed E-state index contributed by atoms with van der Waals surface area (Å²) in [5, 5.41) is 2.72. The van der Waals surface area contributed by atoms with Crippen molar-refractivity contribution in [2.75, 3.05) is 5.32 Å². The van der Waals surface area contributed by atoms with Crippen molar-refractivity contribution < 1.29 is 4.79 Å². The predicted molar refractivity (Wildman–Crippen MR) is 79.0 cm³/mol. The van der Waals surface area contributed by atoms with Crippen LogP contribution in [0.15, 0.2) is 53.6 Å². The van der Waals surface area contributed by atoms with Gasteiger partial charge < -0.3 is 5.32 Å². The molecule has 1 N–H and O–H groups in total. The lowest BCUT2D eigenvalue weighted by atomic mass is 10.3. The summed E-state index contributed by atoms with van der Waals surface area (Å²) in [5.41, 5.74) is 1.40. The monoisotopic (exact) mass is 285 g/mol. The third-order valence-corrected chi connectivity index (χ3v) is 3.78. The molecule has 0 saturated heterocycles. The fourth-order valence-corrected chi connectivity index (χ4v) is 2.84. The molecule has 0 unspecified atom stereocenters. The van der Waals surface area contributed by atoms with Crippen LogP contribution in [0.2, 0.25) is 0 Å². The SMILES string of the molecule is O=C(Cn1c(=O)sc2ccccc21)Nc1cccnc1. The highest BCUT2D eigenvalue weighted by Gasteiger charge is 2.10. The molecular weight excluding hydrogens is 274 g/mol. The summed E-state index contributed by atoms with van der Waals surface area (Å²) in [5.74, 6) is -0.247. The summed E-state index contributed by atoms with van der Waals surface area (Å²) in [6.45, 7) is -0.00224. The highest BCUT2D eigenvalue weighted by atomic mass is 32.1. The Morgan fingerprint density at radius 2 is 2.10 bits per heavy atom. The summed E-state index contributed by atoms with van der Waals surface area (Å²) < 4.78 is 2.36. The van der Waals surface area contributed by atoms with E-state index >= 15 is 0 Å². The maximum atomic E-state index is 12.0. The summed E-state index contributed by atoms with van der Waals surface area (Å²) in [7, 11) is 0. The van der Waals surface area contributed by atoms with E-state index in [1.807, 2.05) is 24.3 Å². The number of nitrogens with one attached hydrogen (secondary N) is 1. The Bertz CT molecular complexity index is 808. The molecule has 0 aliphatic rings. The molecular formula is C14H11N3O2S. The molecule has 0 spiro atoms. The molecule has 20 heavy (non-hydrogen) atoms. The van der Waals surface area contributed by atoms with Crippen LogP contribution in [0.3, 0.4) is 0 Å². The van der Waals surface area contributed by atoms with Crippen LogP contribution in [-0.4, -0.2) is 15.5 Å². The van der Waals surface area contributed by atoms with Crippen LogP contribution in [0.4, 0.5) is 5.69 Å². The van der Waals surface area contributed by atoms with Crippen LogP contribution in [-0.2, 0) is 11.3 Å². The van der Waals surface area contributed by atoms with E-state index < -0.39 is 0 Å². The Balaban J connectivity index is 1.85. The number of rotatable bonds is 3. The Morgan fingerprint density at radius 1 is 1.25 bits per heavy atom. The molecule has 2 aromatic heterocycles. The normalized spacial score (nSPS) is 10.6. The Morgan fingerprint density at radius 3 is 2.90 bits per heavy atom. The van der Waals surface area contributed by atoms with Crippen LogP contribution in [0, 0.1) is 0 Å². The Hall–Kier alpha value is -2.47. The molecule has 0 bridgehead atoms. The van der Waals surface area contributed by atoms with Gasteiger partial charge in [-0.05, 0) is 24.3 Å². The molecule has 1 amide bonds. The predicted octanol–water partition coefficient (Wildman–Crippen LogP) is 2.10. The molecule has 6 heteroatoms. The second-order valence-electron chi connectivity index (χ2n) is 4.21. The molecule has 0 aliphatic carbocycles. The molecule has 5 nitrogen and oxygen atoms in total. The number of carbonyl (C=O) groups excluding carboxylic acids is 1. The molecule has 0 radical (unpaired) electrons. The number of aromatic nitrogens is 2. The molecule has 3 aromatic rings. The lowest BCUT2D eigenvalue weighted by Gasteiger charge is -2.05. The van der Waals surface area contributed by atoms with Crippen molar-refractivity contribution in [1.82, 2.24) is 9.55 Å². The number of hydrogen-bond acceptors (Lipinski definition) is 4. The van der Waals surface area contributed by atoms with Crippen LogP contribution < -0.4 is 10.2 Å². The Kier molecular flexibility index (Phi) is 3.30. The van der Waals surface area contributed by atoms with Gasteiger partial charge in [0.1, 0.15) is 6.54 Å². The highest BCUT2D eigenvalue weighted by molar-refractivity contribution is 7.16. The van der Waals surface area contributed by atoms with Gasteiger partial charge in [0.25, 0.3) is 0 Å². The second-order valence-corrected chi connectivity index (χ2v) is 5.20. The molecule has 1 aromatic carbocycles. The van der Waals surface area contributed by atoms with Gasteiger partial charge in [0.05, 0.1) is 22.1 Å². The van der Waals surface area contributed by atoms with Gasteiger partial charge in [-0.25, -0.2) is 0 Å². The van der Waals surface area contributed by atoms with Gasteiger partial charge in [-0.3, -0.25) is 19.1 Å². The zero-order valence-corrected chi connectivity index (χ0v) is 11.3. The number of amides is 1. The van der Waals surface area contributed by atoms with E-state index in [9.17, 15) is 9.59 Å². The average molecular weight is 285 g/mol. The van der Waals surface area contributed by atoms with Crippen LogP contribution in [0.1, 0.15) is 0 Å². The first-order valence-corrected chi connectivity index (χ1v) is 6.84. The van der Waals surface area contributed by atoms with Crippen molar-refractivity contribution in [3.63, 3.8) is 0 Å². The number of fused-ring (bicyclic) bond motifs is 1. The number of nitrogens with zero attached hydrogens (tertiary/aromatic N) is 2. The van der Waals surface area contributed by atoms with E-state index in [1.54, 1.807) is 24.5 Å². The number of hydrogen-bond donors (Lipinski definition) is 1. The minimum Gasteiger partial charge on any atom is -0.323 e. The lowest BCUT2D eigenvalue weighted by Crippen LogP contribution is -2.24. The van der Waals surface area contributed by atoms with Crippen LogP contribution in [0.5, 0.6) is 0 Å². The Labute approximate surface area is 118 Å². The number of thiazole rings is 1. The molecule has 3 rings (SSSR count). The molecule has 2 heterocycles. The summed E-state index contributed by atoms with van der Waals surface area (Å²) >= 11 is 1.14. The number of para-hydroxylation sites is 1. The van der Waals surface area contributed by atoms with Crippen molar-refractivity contribution in [2.24, 2.45) is 0 Å². The standard InChI is InChI=1S/C14H11N3O2S/c18-13(16-10-4-3-7-15-8-10)9-17-11-5-1-2-6-12(11)20-14(17)19/h1-8H,9H2,(H,16,18).